The van der Waals surface area contributed by atoms with Gasteiger partial charge in [-0.15, -0.1) is 0 Å². The number of aliphatic carboxylic acids is 1. The molecule has 0 saturated heterocycles. The van der Waals surface area contributed by atoms with E-state index in [1.165, 1.54) is 18.1 Å². The lowest BCUT2D eigenvalue weighted by molar-refractivity contribution is -0.176. The minimum atomic E-state index is -1.16. The van der Waals surface area contributed by atoms with Crippen molar-refractivity contribution < 1.29 is 29.0 Å². The summed E-state index contributed by atoms with van der Waals surface area (Å²) in [5.74, 6) is -1.30. The summed E-state index contributed by atoms with van der Waals surface area (Å²) >= 11 is 0. The Balaban J connectivity index is 2.13. The van der Waals surface area contributed by atoms with Crippen LogP contribution in [0.1, 0.15) is 80.1 Å². The third-order valence-corrected chi connectivity index (χ3v) is 7.61. The molecule has 6 nitrogen and oxygen atoms in total. The van der Waals surface area contributed by atoms with Crippen LogP contribution >= 0.6 is 0 Å². The highest BCUT2D eigenvalue weighted by Gasteiger charge is 2.56. The van der Waals surface area contributed by atoms with E-state index < -0.39 is 18.4 Å². The van der Waals surface area contributed by atoms with Gasteiger partial charge in [-0.25, -0.2) is 0 Å². The molecule has 6 heteroatoms. The van der Waals surface area contributed by atoms with Crippen LogP contribution in [0.15, 0.2) is 23.3 Å². The van der Waals surface area contributed by atoms with Crippen LogP contribution in [0, 0.1) is 22.7 Å². The molecule has 31 heavy (non-hydrogen) atoms. The van der Waals surface area contributed by atoms with Crippen LogP contribution in [0.25, 0.3) is 0 Å². The van der Waals surface area contributed by atoms with Gasteiger partial charge in [0.2, 0.25) is 0 Å². The summed E-state index contributed by atoms with van der Waals surface area (Å²) < 4.78 is 10.7. The number of carbonyl (C=O) groups is 3. The number of hydrogen-bond donors (Lipinski definition) is 1. The van der Waals surface area contributed by atoms with Gasteiger partial charge in [0.15, 0.2) is 0 Å². The van der Waals surface area contributed by atoms with Crippen molar-refractivity contribution in [2.45, 2.75) is 86.2 Å². The molecule has 1 saturated carbocycles. The van der Waals surface area contributed by atoms with E-state index >= 15 is 0 Å². The first kappa shape index (κ1) is 25.2. The number of hydrogen-bond acceptors (Lipinski definition) is 5. The summed E-state index contributed by atoms with van der Waals surface area (Å²) in [4.78, 5) is 33.8. The number of carboxylic acid groups (broad SMARTS) is 1. The molecule has 0 aromatic carbocycles. The van der Waals surface area contributed by atoms with Gasteiger partial charge in [0.25, 0.3) is 0 Å². The Hall–Kier alpha value is -2.11. The highest BCUT2D eigenvalue weighted by Crippen LogP contribution is 2.61. The number of rotatable bonds is 8. The number of fused-ring (bicyclic) bond motifs is 1. The molecule has 0 amide bonds. The molecule has 0 spiro atoms. The molecule has 1 N–H and O–H groups in total. The van der Waals surface area contributed by atoms with Gasteiger partial charge in [0.05, 0.1) is 0 Å². The van der Waals surface area contributed by atoms with Gasteiger partial charge in [-0.2, -0.15) is 0 Å². The highest BCUT2D eigenvalue weighted by molar-refractivity contribution is 5.90. The predicted octanol–water partition coefficient (Wildman–Crippen LogP) is 5.07. The number of ether oxygens (including phenoxy) is 2. The Labute approximate surface area is 186 Å². The second-order valence-corrected chi connectivity index (χ2v) is 10.1. The van der Waals surface area contributed by atoms with E-state index in [0.29, 0.717) is 18.4 Å². The Morgan fingerprint density at radius 2 is 1.90 bits per heavy atom. The van der Waals surface area contributed by atoms with E-state index in [4.69, 9.17) is 14.6 Å². The van der Waals surface area contributed by atoms with Crippen molar-refractivity contribution in [3.05, 3.63) is 23.3 Å². The van der Waals surface area contributed by atoms with Crippen LogP contribution in [0.2, 0.25) is 0 Å². The van der Waals surface area contributed by atoms with E-state index in [-0.39, 0.29) is 22.9 Å². The number of esters is 2. The van der Waals surface area contributed by atoms with Crippen molar-refractivity contribution in [2.75, 3.05) is 6.61 Å². The Bertz CT molecular complexity index is 762. The zero-order valence-corrected chi connectivity index (χ0v) is 19.8. The third kappa shape index (κ3) is 5.98. The van der Waals surface area contributed by atoms with Crippen molar-refractivity contribution in [1.29, 1.82) is 0 Å². The molecule has 4 atom stereocenters. The molecule has 174 valence electrons. The molecule has 1 fully saturated rings. The maximum atomic E-state index is 12.0. The molecule has 0 aromatic rings. The van der Waals surface area contributed by atoms with E-state index in [1.54, 1.807) is 0 Å². The lowest BCUT2D eigenvalue weighted by Crippen LogP contribution is -2.55. The minimum absolute atomic E-state index is 0.0915. The van der Waals surface area contributed by atoms with Gasteiger partial charge in [-0.1, -0.05) is 38.0 Å². The quantitative estimate of drug-likeness (QED) is 0.326. The molecule has 0 unspecified atom stereocenters. The number of carboxylic acids is 1. The van der Waals surface area contributed by atoms with Gasteiger partial charge in [0.1, 0.15) is 19.1 Å². The Morgan fingerprint density at radius 3 is 2.52 bits per heavy atom. The SMILES string of the molecule is CC(=O)OC/C=C(\C)CC[C@@H]1C(C)=CC[C@@H]2C(C)(C)[C@@H](OC(=O)CC(=O)O)CC[C@]12C. The normalized spacial score (nSPS) is 30.1. The average molecular weight is 435 g/mol. The van der Waals surface area contributed by atoms with Crippen molar-refractivity contribution in [3.63, 3.8) is 0 Å². The van der Waals surface area contributed by atoms with Gasteiger partial charge in [0, 0.05) is 12.3 Å². The van der Waals surface area contributed by atoms with Crippen molar-refractivity contribution in [1.82, 2.24) is 0 Å². The minimum Gasteiger partial charge on any atom is -0.481 e. The Kier molecular flexibility index (Phi) is 8.12. The largest absolute Gasteiger partial charge is 0.481 e. The monoisotopic (exact) mass is 434 g/mol. The molecule has 0 radical (unpaired) electrons. The zero-order valence-electron chi connectivity index (χ0n) is 19.8. The van der Waals surface area contributed by atoms with Crippen molar-refractivity contribution in [2.24, 2.45) is 22.7 Å². The van der Waals surface area contributed by atoms with Gasteiger partial charge in [-0.05, 0) is 69.3 Å². The summed E-state index contributed by atoms with van der Waals surface area (Å²) in [5.41, 5.74) is 2.49. The molecular formula is C25H38O6. The molecule has 0 heterocycles. The second-order valence-electron chi connectivity index (χ2n) is 10.1. The topological polar surface area (TPSA) is 89.9 Å². The first-order valence-corrected chi connectivity index (χ1v) is 11.2. The third-order valence-electron chi connectivity index (χ3n) is 7.61. The van der Waals surface area contributed by atoms with Crippen LogP contribution in [-0.2, 0) is 23.9 Å². The number of allylic oxidation sites excluding steroid dienone is 3. The van der Waals surface area contributed by atoms with Crippen LogP contribution in [0.3, 0.4) is 0 Å². The molecule has 0 aliphatic heterocycles. The van der Waals surface area contributed by atoms with E-state index in [1.807, 2.05) is 6.08 Å². The molecule has 2 aliphatic rings. The van der Waals surface area contributed by atoms with Gasteiger partial charge < -0.3 is 14.6 Å². The average Bonchev–Trinajstić information content (AvgIpc) is 2.62. The molecule has 0 aromatic heterocycles. The fourth-order valence-corrected chi connectivity index (χ4v) is 5.89. The lowest BCUT2D eigenvalue weighted by Gasteiger charge is -2.59. The molecular weight excluding hydrogens is 396 g/mol. The summed E-state index contributed by atoms with van der Waals surface area (Å²) in [6.45, 7) is 12.7. The van der Waals surface area contributed by atoms with Crippen molar-refractivity contribution in [3.8, 4) is 0 Å². The lowest BCUT2D eigenvalue weighted by atomic mass is 9.47. The van der Waals surface area contributed by atoms with Crippen LogP contribution in [0.4, 0.5) is 0 Å². The summed E-state index contributed by atoms with van der Waals surface area (Å²) in [6.07, 6.45) is 8.05. The zero-order chi connectivity index (χ0) is 23.4. The van der Waals surface area contributed by atoms with Crippen LogP contribution in [0.5, 0.6) is 0 Å². The molecule has 2 aliphatic carbocycles. The van der Waals surface area contributed by atoms with Gasteiger partial charge in [-0.3, -0.25) is 14.4 Å². The standard InChI is InChI=1S/C25H38O6/c1-16(12-14-30-18(3)26)7-9-19-17(2)8-10-20-24(4,5)21(11-13-25(19,20)6)31-23(29)15-22(27)28/h8,12,19-21H,7,9-11,13-15H2,1-6H3,(H,27,28)/b16-12+/t19-,20-,21+,25-/m1/s1. The molecule has 0 bridgehead atoms. The van der Waals surface area contributed by atoms with Crippen molar-refractivity contribution >= 4 is 17.9 Å². The fourth-order valence-electron chi connectivity index (χ4n) is 5.89. The first-order valence-electron chi connectivity index (χ1n) is 11.2. The van der Waals surface area contributed by atoms with E-state index in [2.05, 4.69) is 40.7 Å². The number of carbonyl (C=O) groups excluding carboxylic acids is 2. The summed E-state index contributed by atoms with van der Waals surface area (Å²) in [5, 5.41) is 8.88. The second kappa shape index (κ2) is 10.0. The summed E-state index contributed by atoms with van der Waals surface area (Å²) in [6, 6.07) is 0. The van der Waals surface area contributed by atoms with Crippen LogP contribution in [-0.4, -0.2) is 35.7 Å². The maximum absolute atomic E-state index is 12.0. The van der Waals surface area contributed by atoms with E-state index in [0.717, 1.165) is 32.1 Å². The molecule has 2 rings (SSSR count). The fraction of sp³-hybridized carbons (Fsp3) is 0.720. The highest BCUT2D eigenvalue weighted by atomic mass is 16.5. The van der Waals surface area contributed by atoms with E-state index in [9.17, 15) is 14.4 Å². The summed E-state index contributed by atoms with van der Waals surface area (Å²) in [7, 11) is 0. The maximum Gasteiger partial charge on any atom is 0.317 e. The smallest absolute Gasteiger partial charge is 0.317 e. The van der Waals surface area contributed by atoms with Crippen LogP contribution < -0.4 is 0 Å². The first-order chi connectivity index (χ1) is 14.4. The Morgan fingerprint density at radius 1 is 1.23 bits per heavy atom. The van der Waals surface area contributed by atoms with Gasteiger partial charge >= 0.3 is 17.9 Å². The predicted molar refractivity (Wildman–Crippen MR) is 118 cm³/mol.